The highest BCUT2D eigenvalue weighted by Crippen LogP contribution is 2.23. The van der Waals surface area contributed by atoms with Crippen molar-refractivity contribution in [2.45, 2.75) is 58.2 Å². The van der Waals surface area contributed by atoms with Gasteiger partial charge in [-0.15, -0.1) is 0 Å². The van der Waals surface area contributed by atoms with E-state index < -0.39 is 0 Å². The van der Waals surface area contributed by atoms with E-state index in [1.807, 2.05) is 19.1 Å². The second-order valence-electron chi connectivity index (χ2n) is 6.05. The zero-order valence-corrected chi connectivity index (χ0v) is 14.6. The largest absolute Gasteiger partial charge is 0.458 e. The standard InChI is InChI=1S/C17H24BrNO2/c1-12-5-4-6-13(2)19(12)11-14(3)21-17(20)15-7-9-16(18)10-8-15/h7-10,12-14H,4-6,11H2,1-3H3. The van der Waals surface area contributed by atoms with Gasteiger partial charge in [-0.1, -0.05) is 22.4 Å². The number of likely N-dealkylation sites (tertiary alicyclic amines) is 1. The van der Waals surface area contributed by atoms with E-state index >= 15 is 0 Å². The summed E-state index contributed by atoms with van der Waals surface area (Å²) in [4.78, 5) is 14.6. The van der Waals surface area contributed by atoms with Crippen molar-refractivity contribution < 1.29 is 9.53 Å². The number of ether oxygens (including phenoxy) is 1. The smallest absolute Gasteiger partial charge is 0.338 e. The number of benzene rings is 1. The van der Waals surface area contributed by atoms with Gasteiger partial charge in [0.2, 0.25) is 0 Å². The van der Waals surface area contributed by atoms with E-state index in [-0.39, 0.29) is 12.1 Å². The minimum absolute atomic E-state index is 0.0934. The second kappa shape index (κ2) is 7.41. The molecule has 3 nitrogen and oxygen atoms in total. The molecule has 1 aromatic carbocycles. The van der Waals surface area contributed by atoms with Gasteiger partial charge in [-0.2, -0.15) is 0 Å². The van der Waals surface area contributed by atoms with Crippen LogP contribution in [0.5, 0.6) is 0 Å². The Morgan fingerprint density at radius 2 is 1.86 bits per heavy atom. The molecule has 2 rings (SSSR count). The maximum atomic E-state index is 12.1. The summed E-state index contributed by atoms with van der Waals surface area (Å²) in [7, 11) is 0. The third-order valence-corrected chi connectivity index (χ3v) is 4.76. The molecule has 1 aliphatic heterocycles. The maximum Gasteiger partial charge on any atom is 0.338 e. The molecule has 0 bridgehead atoms. The quantitative estimate of drug-likeness (QED) is 0.757. The van der Waals surface area contributed by atoms with Crippen LogP contribution in [0, 0.1) is 0 Å². The molecule has 3 atom stereocenters. The van der Waals surface area contributed by atoms with Crippen LogP contribution in [-0.4, -0.2) is 35.6 Å². The van der Waals surface area contributed by atoms with E-state index in [2.05, 4.69) is 34.7 Å². The number of hydrogen-bond donors (Lipinski definition) is 0. The first kappa shape index (κ1) is 16.5. The molecule has 1 aromatic rings. The molecule has 0 spiro atoms. The molecule has 116 valence electrons. The van der Waals surface area contributed by atoms with Gasteiger partial charge >= 0.3 is 5.97 Å². The number of nitrogens with zero attached hydrogens (tertiary/aromatic N) is 1. The average molecular weight is 354 g/mol. The summed E-state index contributed by atoms with van der Waals surface area (Å²) >= 11 is 3.37. The van der Waals surface area contributed by atoms with Gasteiger partial charge in [0.1, 0.15) is 6.10 Å². The summed E-state index contributed by atoms with van der Waals surface area (Å²) in [6, 6.07) is 8.42. The molecule has 1 heterocycles. The Kier molecular flexibility index (Phi) is 5.82. The highest BCUT2D eigenvalue weighted by molar-refractivity contribution is 9.10. The molecular weight excluding hydrogens is 330 g/mol. The third-order valence-electron chi connectivity index (χ3n) is 4.23. The molecule has 1 saturated heterocycles. The van der Waals surface area contributed by atoms with Crippen molar-refractivity contribution in [2.24, 2.45) is 0 Å². The molecule has 4 heteroatoms. The molecule has 0 amide bonds. The molecule has 0 saturated carbocycles. The molecular formula is C17H24BrNO2. The van der Waals surface area contributed by atoms with Gasteiger partial charge in [-0.3, -0.25) is 4.90 Å². The van der Waals surface area contributed by atoms with Crippen LogP contribution < -0.4 is 0 Å². The van der Waals surface area contributed by atoms with E-state index in [9.17, 15) is 4.79 Å². The lowest BCUT2D eigenvalue weighted by atomic mass is 9.97. The van der Waals surface area contributed by atoms with Gasteiger partial charge in [0.15, 0.2) is 0 Å². The van der Waals surface area contributed by atoms with Crippen molar-refractivity contribution in [3.8, 4) is 0 Å². The second-order valence-corrected chi connectivity index (χ2v) is 6.96. The first-order chi connectivity index (χ1) is 9.97. The van der Waals surface area contributed by atoms with Crippen LogP contribution in [0.1, 0.15) is 50.4 Å². The van der Waals surface area contributed by atoms with E-state index in [4.69, 9.17) is 4.74 Å². The molecule has 1 aliphatic rings. The molecule has 0 aromatic heterocycles. The van der Waals surface area contributed by atoms with E-state index in [0.29, 0.717) is 17.6 Å². The molecule has 1 fully saturated rings. The van der Waals surface area contributed by atoms with Crippen molar-refractivity contribution in [2.75, 3.05) is 6.54 Å². The van der Waals surface area contributed by atoms with Gasteiger partial charge in [0, 0.05) is 23.1 Å². The Balaban J connectivity index is 1.90. The fraction of sp³-hybridized carbons (Fsp3) is 0.588. The lowest BCUT2D eigenvalue weighted by molar-refractivity contribution is 0.00812. The third kappa shape index (κ3) is 4.55. The monoisotopic (exact) mass is 353 g/mol. The number of hydrogen-bond acceptors (Lipinski definition) is 3. The first-order valence-electron chi connectivity index (χ1n) is 7.69. The van der Waals surface area contributed by atoms with Gasteiger partial charge < -0.3 is 4.74 Å². The minimum atomic E-state index is -0.243. The van der Waals surface area contributed by atoms with Crippen LogP contribution in [0.2, 0.25) is 0 Å². The van der Waals surface area contributed by atoms with Crippen molar-refractivity contribution in [1.29, 1.82) is 0 Å². The van der Waals surface area contributed by atoms with Crippen LogP contribution in [0.15, 0.2) is 28.7 Å². The Morgan fingerprint density at radius 3 is 2.43 bits per heavy atom. The first-order valence-corrected chi connectivity index (χ1v) is 8.49. The van der Waals surface area contributed by atoms with Crippen molar-refractivity contribution >= 4 is 21.9 Å². The van der Waals surface area contributed by atoms with E-state index in [1.165, 1.54) is 19.3 Å². The van der Waals surface area contributed by atoms with Crippen LogP contribution in [0.3, 0.4) is 0 Å². The molecule has 0 radical (unpaired) electrons. The predicted molar refractivity (Wildman–Crippen MR) is 88.5 cm³/mol. The number of halogens is 1. The topological polar surface area (TPSA) is 29.5 Å². The zero-order chi connectivity index (χ0) is 15.4. The highest BCUT2D eigenvalue weighted by Gasteiger charge is 2.26. The Hall–Kier alpha value is -0.870. The number of carbonyl (C=O) groups is 1. The maximum absolute atomic E-state index is 12.1. The molecule has 21 heavy (non-hydrogen) atoms. The molecule has 0 N–H and O–H groups in total. The van der Waals surface area contributed by atoms with E-state index in [1.54, 1.807) is 12.1 Å². The summed E-state index contributed by atoms with van der Waals surface area (Å²) in [6.45, 7) is 7.31. The summed E-state index contributed by atoms with van der Waals surface area (Å²) < 4.78 is 6.54. The van der Waals surface area contributed by atoms with Crippen molar-refractivity contribution in [1.82, 2.24) is 4.90 Å². The molecule has 0 aliphatic carbocycles. The van der Waals surface area contributed by atoms with E-state index in [0.717, 1.165) is 11.0 Å². The SMILES string of the molecule is CC(CN1C(C)CCCC1C)OC(=O)c1ccc(Br)cc1. The van der Waals surface area contributed by atoms with Crippen molar-refractivity contribution in [3.05, 3.63) is 34.3 Å². The minimum Gasteiger partial charge on any atom is -0.458 e. The summed E-state index contributed by atoms with van der Waals surface area (Å²) in [6.07, 6.45) is 3.67. The average Bonchev–Trinajstić information content (AvgIpc) is 2.43. The van der Waals surface area contributed by atoms with Crippen LogP contribution in [0.4, 0.5) is 0 Å². The predicted octanol–water partition coefficient (Wildman–Crippen LogP) is 4.26. The van der Waals surface area contributed by atoms with Crippen molar-refractivity contribution in [3.63, 3.8) is 0 Å². The van der Waals surface area contributed by atoms with Crippen LogP contribution in [0.25, 0.3) is 0 Å². The van der Waals surface area contributed by atoms with Crippen LogP contribution >= 0.6 is 15.9 Å². The summed E-state index contributed by atoms with van der Waals surface area (Å²) in [5.74, 6) is -0.243. The Morgan fingerprint density at radius 1 is 1.29 bits per heavy atom. The van der Waals surface area contributed by atoms with Gasteiger partial charge in [0.05, 0.1) is 5.56 Å². The van der Waals surface area contributed by atoms with Gasteiger partial charge in [-0.25, -0.2) is 4.79 Å². The zero-order valence-electron chi connectivity index (χ0n) is 13.0. The Labute approximate surface area is 135 Å². The van der Waals surface area contributed by atoms with Crippen LogP contribution in [-0.2, 0) is 4.74 Å². The fourth-order valence-electron chi connectivity index (χ4n) is 3.01. The van der Waals surface area contributed by atoms with Gasteiger partial charge in [0.25, 0.3) is 0 Å². The number of carbonyl (C=O) groups excluding carboxylic acids is 1. The Bertz CT molecular complexity index is 464. The number of esters is 1. The lowest BCUT2D eigenvalue weighted by Gasteiger charge is -2.40. The molecule has 3 unspecified atom stereocenters. The highest BCUT2D eigenvalue weighted by atomic mass is 79.9. The number of piperidine rings is 1. The number of rotatable bonds is 4. The summed E-state index contributed by atoms with van der Waals surface area (Å²) in [5.41, 5.74) is 0.602. The fourth-order valence-corrected chi connectivity index (χ4v) is 3.27. The lowest BCUT2D eigenvalue weighted by Crippen LogP contribution is -2.47. The normalized spacial score (nSPS) is 24.6. The summed E-state index contributed by atoms with van der Waals surface area (Å²) in [5, 5.41) is 0. The van der Waals surface area contributed by atoms with Gasteiger partial charge in [-0.05, 0) is 57.9 Å².